The van der Waals surface area contributed by atoms with Gasteiger partial charge in [-0.1, -0.05) is 25.4 Å². The first kappa shape index (κ1) is 15.3. The summed E-state index contributed by atoms with van der Waals surface area (Å²) in [6.07, 6.45) is -0.602. The Bertz CT molecular complexity index is 364. The Hall–Kier alpha value is -0.770. The van der Waals surface area contributed by atoms with E-state index in [2.05, 4.69) is 13.8 Å². The summed E-state index contributed by atoms with van der Waals surface area (Å²) in [7, 11) is 0. The number of rotatable bonds is 7. The number of aliphatic hydroxyl groups is 1. The van der Waals surface area contributed by atoms with Gasteiger partial charge in [0.15, 0.2) is 0 Å². The molecule has 3 nitrogen and oxygen atoms in total. The molecule has 0 aromatic heterocycles. The number of hydrogen-bond donors (Lipinski definition) is 1. The van der Waals surface area contributed by atoms with Crippen molar-refractivity contribution in [2.24, 2.45) is 5.92 Å². The molecule has 0 fully saturated rings. The zero-order chi connectivity index (χ0) is 13.5. The highest BCUT2D eigenvalue weighted by Gasteiger charge is 2.09. The fraction of sp³-hybridized carbons (Fsp3) is 0.571. The Labute approximate surface area is 114 Å². The number of benzene rings is 1. The monoisotopic (exact) mass is 272 g/mol. The Morgan fingerprint density at radius 3 is 2.56 bits per heavy atom. The Kier molecular flexibility index (Phi) is 6.47. The summed E-state index contributed by atoms with van der Waals surface area (Å²) in [5.41, 5.74) is 0.700. The maximum absolute atomic E-state index is 9.63. The van der Waals surface area contributed by atoms with Crippen LogP contribution in [0.4, 0.5) is 0 Å². The minimum atomic E-state index is -0.602. The molecule has 0 aliphatic carbocycles. The molecule has 0 radical (unpaired) electrons. The quantitative estimate of drug-likeness (QED) is 0.773. The lowest BCUT2D eigenvalue weighted by atomic mass is 10.1. The predicted molar refractivity (Wildman–Crippen MR) is 73.2 cm³/mol. The number of hydrogen-bond acceptors (Lipinski definition) is 3. The fourth-order valence-corrected chi connectivity index (χ4v) is 1.69. The number of halogens is 1. The lowest BCUT2D eigenvalue weighted by molar-refractivity contribution is 0.0805. The first-order valence-electron chi connectivity index (χ1n) is 6.18. The highest BCUT2D eigenvalue weighted by atomic mass is 35.5. The summed E-state index contributed by atoms with van der Waals surface area (Å²) in [5, 5.41) is 10.2. The Morgan fingerprint density at radius 2 is 1.94 bits per heavy atom. The van der Waals surface area contributed by atoms with Crippen LogP contribution in [0, 0.1) is 5.92 Å². The van der Waals surface area contributed by atoms with Gasteiger partial charge in [-0.2, -0.15) is 0 Å². The van der Waals surface area contributed by atoms with E-state index >= 15 is 0 Å². The maximum Gasteiger partial charge on any atom is 0.125 e. The molecule has 0 saturated carbocycles. The molecule has 1 atom stereocenters. The number of aliphatic hydroxyl groups excluding tert-OH is 1. The van der Waals surface area contributed by atoms with E-state index in [0.717, 1.165) is 6.61 Å². The fourth-order valence-electron chi connectivity index (χ4n) is 1.51. The number of ether oxygens (including phenoxy) is 2. The zero-order valence-electron chi connectivity index (χ0n) is 11.1. The second kappa shape index (κ2) is 7.62. The average molecular weight is 273 g/mol. The minimum Gasteiger partial charge on any atom is -0.491 e. The van der Waals surface area contributed by atoms with E-state index in [0.29, 0.717) is 35.5 Å². The molecule has 1 unspecified atom stereocenters. The Balaban J connectivity index is 2.46. The van der Waals surface area contributed by atoms with Crippen molar-refractivity contribution >= 4 is 11.6 Å². The average Bonchev–Trinajstić information content (AvgIpc) is 2.29. The van der Waals surface area contributed by atoms with Crippen molar-refractivity contribution in [2.75, 3.05) is 19.8 Å². The Morgan fingerprint density at radius 1 is 1.22 bits per heavy atom. The van der Waals surface area contributed by atoms with Crippen LogP contribution in [0.2, 0.25) is 5.02 Å². The molecule has 1 rings (SSSR count). The zero-order valence-corrected chi connectivity index (χ0v) is 11.9. The molecule has 0 heterocycles. The second-order valence-corrected chi connectivity index (χ2v) is 5.11. The molecule has 1 aromatic rings. The van der Waals surface area contributed by atoms with Crippen molar-refractivity contribution < 1.29 is 14.6 Å². The second-order valence-electron chi connectivity index (χ2n) is 4.68. The largest absolute Gasteiger partial charge is 0.491 e. The summed E-state index contributed by atoms with van der Waals surface area (Å²) in [6, 6.07) is 5.24. The van der Waals surface area contributed by atoms with Gasteiger partial charge in [0.25, 0.3) is 0 Å². The van der Waals surface area contributed by atoms with E-state index < -0.39 is 6.10 Å². The SMILES string of the molecule is CC(C)COCCOc1ccc(Cl)cc1C(C)O. The normalized spacial score (nSPS) is 12.8. The van der Waals surface area contributed by atoms with Crippen molar-refractivity contribution in [3.63, 3.8) is 0 Å². The van der Waals surface area contributed by atoms with Crippen molar-refractivity contribution in [1.82, 2.24) is 0 Å². The van der Waals surface area contributed by atoms with Crippen molar-refractivity contribution in [1.29, 1.82) is 0 Å². The summed E-state index contributed by atoms with van der Waals surface area (Å²) in [4.78, 5) is 0. The predicted octanol–water partition coefficient (Wildman–Crippen LogP) is 3.44. The molecular weight excluding hydrogens is 252 g/mol. The van der Waals surface area contributed by atoms with Crippen molar-refractivity contribution in [3.8, 4) is 5.75 Å². The molecule has 1 aromatic carbocycles. The van der Waals surface area contributed by atoms with Gasteiger partial charge in [0.05, 0.1) is 12.7 Å². The van der Waals surface area contributed by atoms with Crippen LogP contribution in [0.25, 0.3) is 0 Å². The van der Waals surface area contributed by atoms with Gasteiger partial charge in [0.1, 0.15) is 12.4 Å². The molecule has 0 aliphatic rings. The van der Waals surface area contributed by atoms with Crippen LogP contribution in [0.5, 0.6) is 5.75 Å². The third-order valence-corrected chi connectivity index (χ3v) is 2.59. The molecule has 0 spiro atoms. The summed E-state index contributed by atoms with van der Waals surface area (Å²) in [6.45, 7) is 7.63. The van der Waals surface area contributed by atoms with Crippen LogP contribution in [0.1, 0.15) is 32.4 Å². The lowest BCUT2D eigenvalue weighted by Crippen LogP contribution is -2.11. The van der Waals surface area contributed by atoms with E-state index in [1.807, 2.05) is 0 Å². The molecule has 0 bridgehead atoms. The van der Waals surface area contributed by atoms with Crippen LogP contribution in [-0.4, -0.2) is 24.9 Å². The topological polar surface area (TPSA) is 38.7 Å². The van der Waals surface area contributed by atoms with Gasteiger partial charge in [-0.25, -0.2) is 0 Å². The van der Waals surface area contributed by atoms with Gasteiger partial charge in [0.2, 0.25) is 0 Å². The van der Waals surface area contributed by atoms with Crippen molar-refractivity contribution in [2.45, 2.75) is 26.9 Å². The molecule has 102 valence electrons. The van der Waals surface area contributed by atoms with Gasteiger partial charge in [0, 0.05) is 17.2 Å². The molecule has 0 aliphatic heterocycles. The van der Waals surface area contributed by atoms with Crippen LogP contribution < -0.4 is 4.74 Å². The van der Waals surface area contributed by atoms with Crippen molar-refractivity contribution in [3.05, 3.63) is 28.8 Å². The molecule has 4 heteroatoms. The van der Waals surface area contributed by atoms with E-state index in [4.69, 9.17) is 21.1 Å². The molecule has 18 heavy (non-hydrogen) atoms. The standard InChI is InChI=1S/C14H21ClO3/c1-10(2)9-17-6-7-18-14-5-4-12(15)8-13(14)11(3)16/h4-5,8,10-11,16H,6-7,9H2,1-3H3. The van der Waals surface area contributed by atoms with E-state index in [9.17, 15) is 5.11 Å². The lowest BCUT2D eigenvalue weighted by Gasteiger charge is -2.14. The van der Waals surface area contributed by atoms with E-state index in [1.54, 1.807) is 25.1 Å². The first-order valence-corrected chi connectivity index (χ1v) is 6.56. The van der Waals surface area contributed by atoms with Gasteiger partial charge >= 0.3 is 0 Å². The summed E-state index contributed by atoms with van der Waals surface area (Å²) >= 11 is 5.89. The first-order chi connectivity index (χ1) is 8.50. The van der Waals surface area contributed by atoms with Crippen LogP contribution in [-0.2, 0) is 4.74 Å². The van der Waals surface area contributed by atoms with E-state index in [-0.39, 0.29) is 0 Å². The molecular formula is C14H21ClO3. The van der Waals surface area contributed by atoms with Gasteiger partial charge < -0.3 is 14.6 Å². The highest BCUT2D eigenvalue weighted by molar-refractivity contribution is 6.30. The highest BCUT2D eigenvalue weighted by Crippen LogP contribution is 2.28. The van der Waals surface area contributed by atoms with Gasteiger partial charge in [-0.15, -0.1) is 0 Å². The smallest absolute Gasteiger partial charge is 0.125 e. The minimum absolute atomic E-state index is 0.466. The van der Waals surface area contributed by atoms with Crippen LogP contribution >= 0.6 is 11.6 Å². The van der Waals surface area contributed by atoms with Gasteiger partial charge in [-0.3, -0.25) is 0 Å². The molecule has 0 amide bonds. The third-order valence-electron chi connectivity index (χ3n) is 2.36. The maximum atomic E-state index is 9.63. The molecule has 1 N–H and O–H groups in total. The van der Waals surface area contributed by atoms with Crippen LogP contribution in [0.3, 0.4) is 0 Å². The van der Waals surface area contributed by atoms with E-state index in [1.165, 1.54) is 0 Å². The third kappa shape index (κ3) is 5.25. The molecule has 0 saturated heterocycles. The van der Waals surface area contributed by atoms with Gasteiger partial charge in [-0.05, 0) is 31.0 Å². The summed E-state index contributed by atoms with van der Waals surface area (Å²) < 4.78 is 11.0. The van der Waals surface area contributed by atoms with Crippen LogP contribution in [0.15, 0.2) is 18.2 Å². The summed E-state index contributed by atoms with van der Waals surface area (Å²) in [5.74, 6) is 1.18.